The molecule has 1 aromatic heterocycles. The molecule has 2 atom stereocenters. The number of piperidine rings is 3. The van der Waals surface area contributed by atoms with Gasteiger partial charge in [-0.15, -0.1) is 0 Å². The number of imide groups is 1. The number of anilines is 6. The van der Waals surface area contributed by atoms with Crippen LogP contribution in [0.1, 0.15) is 88.4 Å². The van der Waals surface area contributed by atoms with Gasteiger partial charge in [0.25, 0.3) is 5.91 Å². The van der Waals surface area contributed by atoms with Crippen molar-refractivity contribution in [2.75, 3.05) is 78.8 Å². The molecule has 16 heteroatoms. The molecule has 5 aliphatic rings. The molecule has 5 heterocycles. The van der Waals surface area contributed by atoms with E-state index < -0.39 is 6.04 Å². The van der Waals surface area contributed by atoms with Crippen molar-refractivity contribution in [3.8, 4) is 5.75 Å². The molecule has 1 saturated carbocycles. The van der Waals surface area contributed by atoms with Gasteiger partial charge in [-0.1, -0.05) is 6.92 Å². The minimum Gasteiger partial charge on any atom is -0.495 e. The number of ether oxygens (including phenoxy) is 1. The summed E-state index contributed by atoms with van der Waals surface area (Å²) in [6, 6.07) is 9.71. The van der Waals surface area contributed by atoms with Crippen LogP contribution in [0, 0.1) is 17.2 Å². The van der Waals surface area contributed by atoms with Crippen molar-refractivity contribution in [2.45, 2.75) is 96.2 Å². The summed E-state index contributed by atoms with van der Waals surface area (Å²) in [5, 5.41) is 11.9. The molecule has 1 unspecified atom stereocenters. The third kappa shape index (κ3) is 8.95. The average molecular weight is 839 g/mol. The minimum atomic E-state index is -0.543. The number of benzene rings is 2. The first-order chi connectivity index (χ1) is 29.5. The molecule has 61 heavy (non-hydrogen) atoms. The molecule has 1 aliphatic carbocycles. The number of aromatic nitrogens is 2. The van der Waals surface area contributed by atoms with E-state index in [1.807, 2.05) is 30.9 Å². The Morgan fingerprint density at radius 2 is 1.77 bits per heavy atom. The molecule has 326 valence electrons. The number of nitrogens with one attached hydrogen (secondary N) is 4. The van der Waals surface area contributed by atoms with Crippen LogP contribution in [0.2, 0.25) is 0 Å². The fraction of sp³-hybridized carbons (Fsp3) is 0.556. The molecular formula is C45H59FN10O5. The van der Waals surface area contributed by atoms with Crippen LogP contribution in [0.15, 0.2) is 42.6 Å². The van der Waals surface area contributed by atoms with E-state index in [-0.39, 0.29) is 48.0 Å². The highest BCUT2D eigenvalue weighted by molar-refractivity contribution is 6.04. The number of carbonyl (C=O) groups excluding carboxylic acids is 4. The number of nitrogens with zero attached hydrogens (tertiary/aromatic N) is 6. The quantitative estimate of drug-likeness (QED) is 0.161. The molecule has 0 bridgehead atoms. The number of methoxy groups -OCH3 is 1. The van der Waals surface area contributed by atoms with E-state index in [2.05, 4.69) is 36.1 Å². The molecule has 4 amide bonds. The highest BCUT2D eigenvalue weighted by Crippen LogP contribution is 2.49. The van der Waals surface area contributed by atoms with Gasteiger partial charge >= 0.3 is 0 Å². The van der Waals surface area contributed by atoms with Gasteiger partial charge in [0.05, 0.1) is 24.7 Å². The molecule has 3 saturated heterocycles. The Balaban J connectivity index is 0.757. The lowest BCUT2D eigenvalue weighted by molar-refractivity contribution is -0.133. The van der Waals surface area contributed by atoms with Crippen LogP contribution in [-0.2, 0) is 14.4 Å². The number of hydrogen-bond acceptors (Lipinski definition) is 12. The maximum atomic E-state index is 15.2. The van der Waals surface area contributed by atoms with Crippen LogP contribution >= 0.6 is 0 Å². The molecule has 2 aromatic carbocycles. The van der Waals surface area contributed by atoms with Crippen LogP contribution in [-0.4, -0.2) is 110 Å². The van der Waals surface area contributed by atoms with Crippen molar-refractivity contribution in [3.63, 3.8) is 0 Å². The zero-order valence-corrected chi connectivity index (χ0v) is 35.8. The van der Waals surface area contributed by atoms with Crippen molar-refractivity contribution >= 4 is 58.1 Å². The number of likely N-dealkylation sites (tertiary alicyclic amines) is 1. The SMILES string of the molecule is CC[C@@H]1C(=O)N(C)c2cnc(Nc3ccc(C(=O)NC4CC5(CCN(CCC6CCN(c7ccc(NC8CCC(=O)NC8=O)cc7F)CC6)CC5)C4)cc3OC)nc2N1CC. The summed E-state index contributed by atoms with van der Waals surface area (Å²) in [4.78, 5) is 67.5. The molecule has 4 aliphatic heterocycles. The number of amides is 4. The lowest BCUT2D eigenvalue weighted by Gasteiger charge is -2.52. The number of rotatable bonds is 13. The Morgan fingerprint density at radius 3 is 2.46 bits per heavy atom. The lowest BCUT2D eigenvalue weighted by atomic mass is 9.60. The maximum Gasteiger partial charge on any atom is 0.251 e. The third-order valence-corrected chi connectivity index (χ3v) is 13.8. The molecular weight excluding hydrogens is 780 g/mol. The highest BCUT2D eigenvalue weighted by Gasteiger charge is 2.46. The van der Waals surface area contributed by atoms with E-state index in [0.717, 1.165) is 77.7 Å². The largest absolute Gasteiger partial charge is 0.495 e. The summed E-state index contributed by atoms with van der Waals surface area (Å²) in [7, 11) is 3.33. The van der Waals surface area contributed by atoms with Gasteiger partial charge < -0.3 is 40.3 Å². The molecule has 4 N–H and O–H groups in total. The normalized spacial score (nSPS) is 22.1. The summed E-state index contributed by atoms with van der Waals surface area (Å²) >= 11 is 0. The standard InChI is InChI=1S/C45H59FN10O5/c1-5-35-43(60)53(3)37-27-47-44(52-40(37)56(35)6-2)50-33-9-7-29(23-38(33)61-4)41(58)49-31-25-45(26-31)16-21-54(22-17-45)18-13-28-14-19-55(20-15-28)36-11-8-30(24-32(36)46)48-34-10-12-39(57)51-42(34)59/h7-9,11,23-24,27-28,31,34-35,48H,5-6,10,12-22,25-26H2,1-4H3,(H,49,58)(H,47,50,52)(H,51,57,59)/t34?,35-/m1/s1. The zero-order chi connectivity index (χ0) is 42.8. The van der Waals surface area contributed by atoms with Crippen molar-refractivity contribution in [3.05, 3.63) is 54.0 Å². The monoisotopic (exact) mass is 838 g/mol. The van der Waals surface area contributed by atoms with E-state index in [0.29, 0.717) is 76.5 Å². The summed E-state index contributed by atoms with van der Waals surface area (Å²) in [5.41, 5.74) is 3.25. The van der Waals surface area contributed by atoms with Crippen LogP contribution in [0.4, 0.5) is 38.9 Å². The van der Waals surface area contributed by atoms with E-state index in [9.17, 15) is 19.2 Å². The fourth-order valence-corrected chi connectivity index (χ4v) is 10.0. The molecule has 4 fully saturated rings. The van der Waals surface area contributed by atoms with E-state index in [4.69, 9.17) is 9.72 Å². The first-order valence-corrected chi connectivity index (χ1v) is 22.0. The van der Waals surface area contributed by atoms with E-state index in [1.165, 1.54) is 6.07 Å². The summed E-state index contributed by atoms with van der Waals surface area (Å²) in [5.74, 6) is 1.16. The van der Waals surface area contributed by atoms with Gasteiger partial charge in [-0.3, -0.25) is 24.5 Å². The summed E-state index contributed by atoms with van der Waals surface area (Å²) in [6.07, 6.45) is 10.5. The minimum absolute atomic E-state index is 0.0297. The molecule has 0 radical (unpaired) electrons. The van der Waals surface area contributed by atoms with Gasteiger partial charge in [0.15, 0.2) is 5.82 Å². The number of hydrogen-bond donors (Lipinski definition) is 4. The number of carbonyl (C=O) groups is 4. The van der Waals surface area contributed by atoms with Crippen LogP contribution in [0.25, 0.3) is 0 Å². The second-order valence-electron chi connectivity index (χ2n) is 17.5. The Morgan fingerprint density at radius 1 is 1.00 bits per heavy atom. The Bertz CT molecular complexity index is 2130. The first-order valence-electron chi connectivity index (χ1n) is 22.0. The maximum absolute atomic E-state index is 15.2. The van der Waals surface area contributed by atoms with Gasteiger partial charge in [-0.2, -0.15) is 4.98 Å². The number of halogens is 1. The predicted octanol–water partition coefficient (Wildman–Crippen LogP) is 5.45. The second kappa shape index (κ2) is 17.8. The van der Waals surface area contributed by atoms with E-state index >= 15 is 4.39 Å². The summed E-state index contributed by atoms with van der Waals surface area (Å²) in [6.45, 7) is 9.51. The van der Waals surface area contributed by atoms with Gasteiger partial charge in [0.1, 0.15) is 29.3 Å². The lowest BCUT2D eigenvalue weighted by Crippen LogP contribution is -2.55. The zero-order valence-electron chi connectivity index (χ0n) is 35.8. The van der Waals surface area contributed by atoms with Gasteiger partial charge in [-0.25, -0.2) is 9.37 Å². The Kier molecular flexibility index (Phi) is 12.3. The van der Waals surface area contributed by atoms with E-state index in [1.54, 1.807) is 43.5 Å². The predicted molar refractivity (Wildman–Crippen MR) is 233 cm³/mol. The number of fused-ring (bicyclic) bond motifs is 1. The average Bonchev–Trinajstić information content (AvgIpc) is 3.25. The van der Waals surface area contributed by atoms with Gasteiger partial charge in [-0.05, 0) is 132 Å². The Hall–Kier alpha value is -5.51. The van der Waals surface area contributed by atoms with Crippen molar-refractivity contribution in [1.82, 2.24) is 25.5 Å². The third-order valence-electron chi connectivity index (χ3n) is 13.8. The molecule has 3 aromatic rings. The smallest absolute Gasteiger partial charge is 0.251 e. The molecule has 8 rings (SSSR count). The van der Waals surface area contributed by atoms with Crippen LogP contribution in [0.5, 0.6) is 5.75 Å². The van der Waals surface area contributed by atoms with Gasteiger partial charge in [0.2, 0.25) is 23.7 Å². The second-order valence-corrected chi connectivity index (χ2v) is 17.5. The van der Waals surface area contributed by atoms with Crippen molar-refractivity contribution in [1.29, 1.82) is 0 Å². The molecule has 1 spiro atoms. The van der Waals surface area contributed by atoms with Gasteiger partial charge in [0, 0.05) is 50.4 Å². The molecule has 15 nitrogen and oxygen atoms in total. The topological polar surface area (TPSA) is 164 Å². The highest BCUT2D eigenvalue weighted by atomic mass is 19.1. The van der Waals surface area contributed by atoms with Crippen molar-refractivity contribution in [2.24, 2.45) is 11.3 Å². The first kappa shape index (κ1) is 42.2. The summed E-state index contributed by atoms with van der Waals surface area (Å²) < 4.78 is 20.9. The fourth-order valence-electron chi connectivity index (χ4n) is 10.0. The number of likely N-dealkylation sites (N-methyl/N-ethyl adjacent to an activating group) is 2. The van der Waals surface area contributed by atoms with Crippen LogP contribution < -0.4 is 40.7 Å². The van der Waals surface area contributed by atoms with Crippen molar-refractivity contribution < 1.29 is 28.3 Å². The van der Waals surface area contributed by atoms with Crippen LogP contribution in [0.3, 0.4) is 0 Å². The Labute approximate surface area is 357 Å².